The predicted octanol–water partition coefficient (Wildman–Crippen LogP) is 2.58. The highest BCUT2D eigenvalue weighted by Gasteiger charge is 2.30. The lowest BCUT2D eigenvalue weighted by Gasteiger charge is -2.32. The van der Waals surface area contributed by atoms with Crippen LogP contribution in [0.2, 0.25) is 0 Å². The topological polar surface area (TPSA) is 101 Å². The molecule has 0 aliphatic carbocycles. The average molecular weight is 334 g/mol. The van der Waals surface area contributed by atoms with Gasteiger partial charge in [-0.15, -0.1) is 0 Å². The smallest absolute Gasteiger partial charge is 0.353 e. The fourth-order valence-electron chi connectivity index (χ4n) is 3.64. The molecule has 2 N–H and O–H groups in total. The summed E-state index contributed by atoms with van der Waals surface area (Å²) in [4.78, 5) is 24.0. The Balaban J connectivity index is 1.98. The lowest BCUT2D eigenvalue weighted by Crippen LogP contribution is -2.36. The summed E-state index contributed by atoms with van der Waals surface area (Å²) in [5.74, 6) is 1.39. The highest BCUT2D eigenvalue weighted by atomic mass is 16.6. The van der Waals surface area contributed by atoms with E-state index in [0.29, 0.717) is 17.7 Å². The van der Waals surface area contributed by atoms with Gasteiger partial charge in [0.05, 0.1) is 4.92 Å². The lowest BCUT2D eigenvalue weighted by molar-refractivity contribution is -0.383. The van der Waals surface area contributed by atoms with E-state index in [2.05, 4.69) is 21.8 Å². The zero-order valence-corrected chi connectivity index (χ0v) is 14.3. The van der Waals surface area contributed by atoms with Crippen molar-refractivity contribution in [3.8, 4) is 0 Å². The van der Waals surface area contributed by atoms with E-state index in [0.717, 1.165) is 51.9 Å². The van der Waals surface area contributed by atoms with Gasteiger partial charge in [0.1, 0.15) is 0 Å². The SMILES string of the molecule is C[C@@H]1CCCN(c2nc(N3CCCCCC3)nc(N)c2[N+](=O)[O-])C1. The maximum Gasteiger partial charge on any atom is 0.353 e. The number of piperidine rings is 1. The molecule has 2 aliphatic rings. The van der Waals surface area contributed by atoms with Crippen molar-refractivity contribution in [2.45, 2.75) is 45.4 Å². The van der Waals surface area contributed by atoms with Gasteiger partial charge in [-0.05, 0) is 31.6 Å². The van der Waals surface area contributed by atoms with Crippen LogP contribution in [0.4, 0.5) is 23.3 Å². The monoisotopic (exact) mass is 334 g/mol. The van der Waals surface area contributed by atoms with Crippen molar-refractivity contribution in [3.05, 3.63) is 10.1 Å². The van der Waals surface area contributed by atoms with Crippen LogP contribution in [0.3, 0.4) is 0 Å². The first kappa shape index (κ1) is 16.7. The van der Waals surface area contributed by atoms with Crippen LogP contribution in [0.1, 0.15) is 45.4 Å². The number of anilines is 3. The minimum absolute atomic E-state index is 0.0255. The van der Waals surface area contributed by atoms with Crippen LogP contribution in [0, 0.1) is 16.0 Å². The molecule has 3 heterocycles. The van der Waals surface area contributed by atoms with Crippen molar-refractivity contribution in [2.75, 3.05) is 41.7 Å². The van der Waals surface area contributed by atoms with E-state index < -0.39 is 4.92 Å². The Morgan fingerprint density at radius 1 is 1.08 bits per heavy atom. The van der Waals surface area contributed by atoms with E-state index in [1.54, 1.807) is 0 Å². The summed E-state index contributed by atoms with van der Waals surface area (Å²) in [6.07, 6.45) is 6.75. The summed E-state index contributed by atoms with van der Waals surface area (Å²) in [6.45, 7) is 5.48. The Morgan fingerprint density at radius 3 is 2.38 bits per heavy atom. The highest BCUT2D eigenvalue weighted by molar-refractivity contribution is 5.71. The van der Waals surface area contributed by atoms with E-state index in [4.69, 9.17) is 5.73 Å². The van der Waals surface area contributed by atoms with E-state index in [1.165, 1.54) is 12.8 Å². The fourth-order valence-corrected chi connectivity index (χ4v) is 3.64. The zero-order valence-electron chi connectivity index (χ0n) is 14.3. The second kappa shape index (κ2) is 7.19. The molecular formula is C16H26N6O2. The maximum absolute atomic E-state index is 11.5. The zero-order chi connectivity index (χ0) is 17.1. The molecule has 1 atom stereocenters. The summed E-state index contributed by atoms with van der Waals surface area (Å²) in [5.41, 5.74) is 5.81. The third-order valence-electron chi connectivity index (χ3n) is 4.91. The molecule has 0 spiro atoms. The number of hydrogen-bond donors (Lipinski definition) is 1. The number of nitrogens with zero attached hydrogens (tertiary/aromatic N) is 5. The standard InChI is InChI=1S/C16H26N6O2/c1-12-7-6-10-21(11-12)15-13(22(23)24)14(17)18-16(19-15)20-8-4-2-3-5-9-20/h12H,2-11H2,1H3,(H2,17,18,19)/t12-/m1/s1. The van der Waals surface area contributed by atoms with E-state index in [9.17, 15) is 10.1 Å². The second-order valence-electron chi connectivity index (χ2n) is 6.93. The molecule has 2 saturated heterocycles. The first-order valence-corrected chi connectivity index (χ1v) is 8.88. The van der Waals surface area contributed by atoms with Gasteiger partial charge in [0.15, 0.2) is 0 Å². The van der Waals surface area contributed by atoms with Crippen molar-refractivity contribution in [1.29, 1.82) is 0 Å². The molecule has 8 nitrogen and oxygen atoms in total. The van der Waals surface area contributed by atoms with Crippen LogP contribution in [-0.4, -0.2) is 41.1 Å². The summed E-state index contributed by atoms with van der Waals surface area (Å²) in [7, 11) is 0. The van der Waals surface area contributed by atoms with E-state index in [1.807, 2.05) is 4.90 Å². The fraction of sp³-hybridized carbons (Fsp3) is 0.750. The summed E-state index contributed by atoms with van der Waals surface area (Å²) in [6, 6.07) is 0. The first-order chi connectivity index (χ1) is 11.6. The minimum Gasteiger partial charge on any atom is -0.378 e. The van der Waals surface area contributed by atoms with Gasteiger partial charge in [0, 0.05) is 26.2 Å². The third-order valence-corrected chi connectivity index (χ3v) is 4.91. The van der Waals surface area contributed by atoms with Gasteiger partial charge in [-0.25, -0.2) is 0 Å². The van der Waals surface area contributed by atoms with Crippen LogP contribution in [-0.2, 0) is 0 Å². The lowest BCUT2D eigenvalue weighted by atomic mass is 10.0. The molecule has 0 aromatic carbocycles. The largest absolute Gasteiger partial charge is 0.378 e. The van der Waals surface area contributed by atoms with Crippen LogP contribution < -0.4 is 15.5 Å². The third kappa shape index (κ3) is 3.52. The maximum atomic E-state index is 11.5. The summed E-state index contributed by atoms with van der Waals surface area (Å²) < 4.78 is 0. The van der Waals surface area contributed by atoms with Gasteiger partial charge in [-0.2, -0.15) is 9.97 Å². The number of rotatable bonds is 3. The molecule has 0 saturated carbocycles. The molecule has 0 unspecified atom stereocenters. The summed E-state index contributed by atoms with van der Waals surface area (Å²) >= 11 is 0. The van der Waals surface area contributed by atoms with Gasteiger partial charge in [-0.1, -0.05) is 19.8 Å². The van der Waals surface area contributed by atoms with Crippen molar-refractivity contribution in [2.24, 2.45) is 5.92 Å². The molecule has 1 aromatic rings. The Kier molecular flexibility index (Phi) is 5.01. The molecular weight excluding hydrogens is 308 g/mol. The molecule has 3 rings (SSSR count). The van der Waals surface area contributed by atoms with Crippen LogP contribution in [0.15, 0.2) is 0 Å². The van der Waals surface area contributed by atoms with Crippen molar-refractivity contribution in [3.63, 3.8) is 0 Å². The van der Waals surface area contributed by atoms with Crippen molar-refractivity contribution in [1.82, 2.24) is 9.97 Å². The molecule has 132 valence electrons. The number of nitrogens with two attached hydrogens (primary N) is 1. The van der Waals surface area contributed by atoms with Crippen LogP contribution >= 0.6 is 0 Å². The van der Waals surface area contributed by atoms with Gasteiger partial charge >= 0.3 is 5.69 Å². The summed E-state index contributed by atoms with van der Waals surface area (Å²) in [5, 5.41) is 11.5. The van der Waals surface area contributed by atoms with Gasteiger partial charge < -0.3 is 15.5 Å². The molecule has 0 amide bonds. The quantitative estimate of drug-likeness (QED) is 0.669. The molecule has 24 heavy (non-hydrogen) atoms. The molecule has 8 heteroatoms. The molecule has 0 bridgehead atoms. The normalized spacial score (nSPS) is 22.3. The number of aromatic nitrogens is 2. The molecule has 2 fully saturated rings. The highest BCUT2D eigenvalue weighted by Crippen LogP contribution is 2.35. The van der Waals surface area contributed by atoms with E-state index in [-0.39, 0.29) is 11.5 Å². The molecule has 1 aromatic heterocycles. The van der Waals surface area contributed by atoms with E-state index >= 15 is 0 Å². The first-order valence-electron chi connectivity index (χ1n) is 8.88. The second-order valence-corrected chi connectivity index (χ2v) is 6.93. The Labute approximate surface area is 142 Å². The van der Waals surface area contributed by atoms with Crippen molar-refractivity contribution < 1.29 is 4.92 Å². The van der Waals surface area contributed by atoms with Gasteiger partial charge in [-0.3, -0.25) is 10.1 Å². The van der Waals surface area contributed by atoms with Crippen LogP contribution in [0.5, 0.6) is 0 Å². The Morgan fingerprint density at radius 2 is 1.75 bits per heavy atom. The molecule has 2 aliphatic heterocycles. The average Bonchev–Trinajstić information content (AvgIpc) is 2.83. The van der Waals surface area contributed by atoms with Crippen molar-refractivity contribution >= 4 is 23.3 Å². The van der Waals surface area contributed by atoms with Gasteiger partial charge in [0.2, 0.25) is 17.6 Å². The number of nitrogen functional groups attached to an aromatic ring is 1. The van der Waals surface area contributed by atoms with Gasteiger partial charge in [0.25, 0.3) is 0 Å². The minimum atomic E-state index is -0.448. The Hall–Kier alpha value is -2.12. The van der Waals surface area contributed by atoms with Crippen LogP contribution in [0.25, 0.3) is 0 Å². The molecule has 0 radical (unpaired) electrons. The number of hydrogen-bond acceptors (Lipinski definition) is 7. The Bertz CT molecular complexity index is 600. The number of nitro groups is 1. The predicted molar refractivity (Wildman–Crippen MR) is 94.4 cm³/mol.